The molecule has 0 radical (unpaired) electrons. The van der Waals surface area contributed by atoms with E-state index in [0.717, 1.165) is 12.3 Å². The summed E-state index contributed by atoms with van der Waals surface area (Å²) in [6.45, 7) is 10.8. The van der Waals surface area contributed by atoms with E-state index in [2.05, 4.69) is 27.4 Å². The highest BCUT2D eigenvalue weighted by atomic mass is 14.0. The van der Waals surface area contributed by atoms with Gasteiger partial charge < -0.3 is 0 Å². The van der Waals surface area contributed by atoms with Gasteiger partial charge >= 0.3 is 0 Å². The van der Waals surface area contributed by atoms with Gasteiger partial charge in [-0.3, -0.25) is 0 Å². The summed E-state index contributed by atoms with van der Waals surface area (Å²) in [4.78, 5) is 0. The van der Waals surface area contributed by atoms with Crippen molar-refractivity contribution in [2.45, 2.75) is 59.3 Å². The molecule has 0 rings (SSSR count). The maximum atomic E-state index is 4.01. The van der Waals surface area contributed by atoms with Crippen molar-refractivity contribution in [3.05, 3.63) is 12.2 Å². The van der Waals surface area contributed by atoms with Crippen LogP contribution in [0.5, 0.6) is 0 Å². The van der Waals surface area contributed by atoms with Crippen molar-refractivity contribution in [3.8, 4) is 0 Å². The van der Waals surface area contributed by atoms with Gasteiger partial charge in [-0.05, 0) is 25.2 Å². The molecule has 72 valence electrons. The van der Waals surface area contributed by atoms with Gasteiger partial charge in [-0.15, -0.1) is 0 Å². The second-order valence-corrected chi connectivity index (χ2v) is 4.10. The van der Waals surface area contributed by atoms with Crippen LogP contribution in [0.1, 0.15) is 59.3 Å². The zero-order valence-electron chi connectivity index (χ0n) is 9.03. The van der Waals surface area contributed by atoms with Crippen molar-refractivity contribution < 1.29 is 0 Å². The summed E-state index contributed by atoms with van der Waals surface area (Å²) in [5.74, 6) is 0.874. The molecular weight excluding hydrogens is 144 g/mol. The van der Waals surface area contributed by atoms with Gasteiger partial charge in [0.25, 0.3) is 0 Å². The van der Waals surface area contributed by atoms with Crippen LogP contribution < -0.4 is 0 Å². The Balaban J connectivity index is 3.05. The molecule has 0 aromatic rings. The van der Waals surface area contributed by atoms with E-state index in [1.54, 1.807) is 0 Å². The lowest BCUT2D eigenvalue weighted by Crippen LogP contribution is -1.87. The lowest BCUT2D eigenvalue weighted by Gasteiger charge is -2.04. The van der Waals surface area contributed by atoms with Crippen LogP contribution >= 0.6 is 0 Å². The van der Waals surface area contributed by atoms with Crippen molar-refractivity contribution >= 4 is 0 Å². The van der Waals surface area contributed by atoms with Crippen molar-refractivity contribution in [1.29, 1.82) is 0 Å². The summed E-state index contributed by atoms with van der Waals surface area (Å²) in [5, 5.41) is 0. The minimum Gasteiger partial charge on any atom is -0.0999 e. The molecule has 0 saturated carbocycles. The quantitative estimate of drug-likeness (QED) is 0.386. The summed E-state index contributed by atoms with van der Waals surface area (Å²) in [5.41, 5.74) is 1.42. The van der Waals surface area contributed by atoms with E-state index < -0.39 is 0 Å². The standard InChI is InChI=1S/C12H24/c1-5-12(4)10-8-6-7-9-11(2)3/h11H,4-10H2,1-3H3. The van der Waals surface area contributed by atoms with Gasteiger partial charge in [0.2, 0.25) is 0 Å². The van der Waals surface area contributed by atoms with Crippen LogP contribution in [-0.2, 0) is 0 Å². The lowest BCUT2D eigenvalue weighted by molar-refractivity contribution is 0.526. The molecule has 0 amide bonds. The molecule has 0 heterocycles. The van der Waals surface area contributed by atoms with E-state index >= 15 is 0 Å². The lowest BCUT2D eigenvalue weighted by atomic mass is 10.0. The predicted octanol–water partition coefficient (Wildman–Crippen LogP) is 4.56. The Kier molecular flexibility index (Phi) is 7.23. The fourth-order valence-electron chi connectivity index (χ4n) is 1.28. The summed E-state index contributed by atoms with van der Waals surface area (Å²) in [7, 11) is 0. The fourth-order valence-corrected chi connectivity index (χ4v) is 1.28. The van der Waals surface area contributed by atoms with Crippen molar-refractivity contribution in [2.75, 3.05) is 0 Å². The van der Waals surface area contributed by atoms with Crippen LogP contribution in [0.15, 0.2) is 12.2 Å². The number of unbranched alkanes of at least 4 members (excludes halogenated alkanes) is 2. The summed E-state index contributed by atoms with van der Waals surface area (Å²) in [6, 6.07) is 0. The molecule has 0 aliphatic rings. The third-order valence-electron chi connectivity index (χ3n) is 2.31. The van der Waals surface area contributed by atoms with Gasteiger partial charge in [0, 0.05) is 0 Å². The van der Waals surface area contributed by atoms with Gasteiger partial charge in [0.1, 0.15) is 0 Å². The van der Waals surface area contributed by atoms with Gasteiger partial charge in [-0.25, -0.2) is 0 Å². The monoisotopic (exact) mass is 168 g/mol. The second-order valence-electron chi connectivity index (χ2n) is 4.10. The number of allylic oxidation sites excluding steroid dienone is 1. The van der Waals surface area contributed by atoms with E-state index in [0.29, 0.717) is 0 Å². The van der Waals surface area contributed by atoms with Crippen molar-refractivity contribution in [1.82, 2.24) is 0 Å². The van der Waals surface area contributed by atoms with Gasteiger partial charge in [-0.2, -0.15) is 0 Å². The highest BCUT2D eigenvalue weighted by Crippen LogP contribution is 2.13. The molecular formula is C12H24. The van der Waals surface area contributed by atoms with Crippen molar-refractivity contribution in [3.63, 3.8) is 0 Å². The molecule has 12 heavy (non-hydrogen) atoms. The third-order valence-corrected chi connectivity index (χ3v) is 2.31. The van der Waals surface area contributed by atoms with E-state index in [-0.39, 0.29) is 0 Å². The summed E-state index contributed by atoms with van der Waals surface area (Å²) in [6.07, 6.45) is 7.92. The Morgan fingerprint density at radius 2 is 1.83 bits per heavy atom. The molecule has 0 spiro atoms. The predicted molar refractivity (Wildman–Crippen MR) is 57.4 cm³/mol. The largest absolute Gasteiger partial charge is 0.0999 e. The molecule has 0 aliphatic heterocycles. The SMILES string of the molecule is C=C(CC)CCCCCC(C)C. The van der Waals surface area contributed by atoms with Crippen LogP contribution in [-0.4, -0.2) is 0 Å². The molecule has 0 aromatic heterocycles. The maximum Gasteiger partial charge on any atom is -0.0323 e. The Morgan fingerprint density at radius 3 is 2.33 bits per heavy atom. The second kappa shape index (κ2) is 7.39. The molecule has 0 nitrogen and oxygen atoms in total. The number of rotatable bonds is 7. The Bertz CT molecular complexity index is 111. The summed E-state index contributed by atoms with van der Waals surface area (Å²) < 4.78 is 0. The van der Waals surface area contributed by atoms with E-state index in [1.807, 2.05) is 0 Å². The van der Waals surface area contributed by atoms with Gasteiger partial charge in [-0.1, -0.05) is 52.2 Å². The number of hydrogen-bond acceptors (Lipinski definition) is 0. The van der Waals surface area contributed by atoms with Crippen LogP contribution in [0.4, 0.5) is 0 Å². The molecule has 0 saturated heterocycles. The average molecular weight is 168 g/mol. The molecule has 0 heteroatoms. The van der Waals surface area contributed by atoms with E-state index in [4.69, 9.17) is 0 Å². The van der Waals surface area contributed by atoms with Crippen LogP contribution in [0.2, 0.25) is 0 Å². The minimum absolute atomic E-state index is 0.874. The molecule has 0 atom stereocenters. The minimum atomic E-state index is 0.874. The maximum absolute atomic E-state index is 4.01. The topological polar surface area (TPSA) is 0 Å². The van der Waals surface area contributed by atoms with Gasteiger partial charge in [0.15, 0.2) is 0 Å². The zero-order chi connectivity index (χ0) is 9.40. The van der Waals surface area contributed by atoms with Crippen LogP contribution in [0, 0.1) is 5.92 Å². The molecule has 0 fully saturated rings. The van der Waals surface area contributed by atoms with Gasteiger partial charge in [0.05, 0.1) is 0 Å². The molecule has 0 N–H and O–H groups in total. The van der Waals surface area contributed by atoms with E-state index in [9.17, 15) is 0 Å². The first kappa shape index (κ1) is 11.7. The Labute approximate surface area is 78.1 Å². The zero-order valence-corrected chi connectivity index (χ0v) is 9.03. The molecule has 0 bridgehead atoms. The first-order chi connectivity index (χ1) is 5.66. The first-order valence-electron chi connectivity index (χ1n) is 5.33. The van der Waals surface area contributed by atoms with Crippen LogP contribution in [0.3, 0.4) is 0 Å². The molecule has 0 aromatic carbocycles. The summed E-state index contributed by atoms with van der Waals surface area (Å²) >= 11 is 0. The highest BCUT2D eigenvalue weighted by molar-refractivity contribution is 4.91. The van der Waals surface area contributed by atoms with E-state index in [1.165, 1.54) is 37.7 Å². The molecule has 0 aliphatic carbocycles. The fraction of sp³-hybridized carbons (Fsp3) is 0.833. The highest BCUT2D eigenvalue weighted by Gasteiger charge is 1.95. The average Bonchev–Trinajstić information content (AvgIpc) is 2.03. The number of hydrogen-bond donors (Lipinski definition) is 0. The first-order valence-corrected chi connectivity index (χ1v) is 5.33. The smallest absolute Gasteiger partial charge is 0.0323 e. The van der Waals surface area contributed by atoms with Crippen molar-refractivity contribution in [2.24, 2.45) is 5.92 Å². The van der Waals surface area contributed by atoms with Crippen LogP contribution in [0.25, 0.3) is 0 Å². The normalized spacial score (nSPS) is 10.7. The third kappa shape index (κ3) is 7.84. The molecule has 0 unspecified atom stereocenters. The Hall–Kier alpha value is -0.260. The Morgan fingerprint density at radius 1 is 1.17 bits per heavy atom.